The molecular formula is C28H38N6O8S. The zero-order chi connectivity index (χ0) is 32.2. The molecule has 4 amide bonds. The van der Waals surface area contributed by atoms with E-state index in [9.17, 15) is 27.6 Å². The summed E-state index contributed by atoms with van der Waals surface area (Å²) in [6.07, 6.45) is -0.496. The van der Waals surface area contributed by atoms with Gasteiger partial charge in [0.2, 0.25) is 5.91 Å². The summed E-state index contributed by atoms with van der Waals surface area (Å²) in [5, 5.41) is 2.96. The number of pyridine rings is 1. The van der Waals surface area contributed by atoms with Gasteiger partial charge in [-0.25, -0.2) is 32.8 Å². The molecule has 234 valence electrons. The summed E-state index contributed by atoms with van der Waals surface area (Å²) in [5.74, 6) is -1.30. The number of nitrogens with zero attached hydrogens (tertiary/aromatic N) is 3. The van der Waals surface area contributed by atoms with E-state index in [-0.39, 0.29) is 29.4 Å². The van der Waals surface area contributed by atoms with E-state index in [1.54, 1.807) is 53.7 Å². The van der Waals surface area contributed by atoms with E-state index in [4.69, 9.17) is 15.2 Å². The third kappa shape index (κ3) is 8.95. The minimum atomic E-state index is -4.03. The predicted molar refractivity (Wildman–Crippen MR) is 158 cm³/mol. The fraction of sp³-hybridized carbons (Fsp3) is 0.464. The number of nitrogens with two attached hydrogens (primary N) is 1. The molecule has 14 nitrogen and oxygen atoms in total. The lowest BCUT2D eigenvalue weighted by atomic mass is 10.1. The average molecular weight is 619 g/mol. The Kier molecular flexibility index (Phi) is 10.1. The minimum Gasteiger partial charge on any atom is -0.443 e. The molecule has 0 aliphatic carbocycles. The first-order chi connectivity index (χ1) is 19.9. The van der Waals surface area contributed by atoms with Crippen molar-refractivity contribution < 1.29 is 37.1 Å². The maximum Gasteiger partial charge on any atom is 0.421 e. The van der Waals surface area contributed by atoms with E-state index in [1.165, 1.54) is 36.5 Å². The smallest absolute Gasteiger partial charge is 0.421 e. The Morgan fingerprint density at radius 1 is 0.977 bits per heavy atom. The Labute approximate surface area is 250 Å². The first kappa shape index (κ1) is 33.4. The van der Waals surface area contributed by atoms with Crippen molar-refractivity contribution in [1.29, 1.82) is 0 Å². The molecule has 1 aromatic heterocycles. The monoisotopic (exact) mass is 618 g/mol. The Bertz CT molecular complexity index is 1440. The first-order valence-corrected chi connectivity index (χ1v) is 15.0. The van der Waals surface area contributed by atoms with E-state index < -0.39 is 63.9 Å². The number of hydrogen-bond donors (Lipinski definition) is 3. The summed E-state index contributed by atoms with van der Waals surface area (Å²) in [6, 6.07) is 8.02. The lowest BCUT2D eigenvalue weighted by Gasteiger charge is -2.30. The molecule has 2 atom stereocenters. The van der Waals surface area contributed by atoms with Crippen LogP contribution < -0.4 is 20.7 Å². The summed E-state index contributed by atoms with van der Waals surface area (Å²) in [5.41, 5.74) is 3.74. The second-order valence-corrected chi connectivity index (χ2v) is 13.4. The summed E-state index contributed by atoms with van der Waals surface area (Å²) >= 11 is 0. The van der Waals surface area contributed by atoms with E-state index in [0.29, 0.717) is 0 Å². The van der Waals surface area contributed by atoms with Crippen molar-refractivity contribution in [2.45, 2.75) is 76.1 Å². The van der Waals surface area contributed by atoms with Gasteiger partial charge >= 0.3 is 12.2 Å². The topological polar surface area (TPSA) is 190 Å². The molecule has 2 heterocycles. The van der Waals surface area contributed by atoms with Crippen LogP contribution in [-0.2, 0) is 29.1 Å². The zero-order valence-corrected chi connectivity index (χ0v) is 25.8. The molecular weight excluding hydrogens is 580 g/mol. The second kappa shape index (κ2) is 13.1. The molecule has 1 aliphatic rings. The van der Waals surface area contributed by atoms with Crippen molar-refractivity contribution in [1.82, 2.24) is 15.2 Å². The number of anilines is 2. The number of aromatic nitrogens is 1. The van der Waals surface area contributed by atoms with Crippen LogP contribution in [0.2, 0.25) is 0 Å². The molecule has 0 saturated carbocycles. The van der Waals surface area contributed by atoms with Crippen molar-refractivity contribution in [2.75, 3.05) is 22.7 Å². The lowest BCUT2D eigenvalue weighted by Crippen LogP contribution is -2.50. The number of carbonyl (C=O) groups is 4. The van der Waals surface area contributed by atoms with Crippen molar-refractivity contribution in [3.63, 3.8) is 0 Å². The molecule has 2 aromatic rings. The highest BCUT2D eigenvalue weighted by molar-refractivity contribution is 7.92. The van der Waals surface area contributed by atoms with Crippen LogP contribution in [0.25, 0.3) is 0 Å². The molecule has 1 aromatic carbocycles. The Hall–Kier alpha value is -4.08. The third-order valence-electron chi connectivity index (χ3n) is 5.91. The molecule has 1 saturated heterocycles. The highest BCUT2D eigenvalue weighted by atomic mass is 32.2. The number of nitrogens with one attached hydrogen (secondary N) is 2. The van der Waals surface area contributed by atoms with Crippen LogP contribution in [0.15, 0.2) is 53.6 Å². The predicted octanol–water partition coefficient (Wildman–Crippen LogP) is 2.60. The maximum absolute atomic E-state index is 13.8. The first-order valence-electron chi connectivity index (χ1n) is 13.5. The summed E-state index contributed by atoms with van der Waals surface area (Å²) in [4.78, 5) is 58.0. The van der Waals surface area contributed by atoms with Gasteiger partial charge in [0.25, 0.3) is 15.9 Å². The number of sulfonamides is 1. The van der Waals surface area contributed by atoms with Gasteiger partial charge in [-0.15, -0.1) is 0 Å². The fourth-order valence-electron chi connectivity index (χ4n) is 4.15. The molecule has 43 heavy (non-hydrogen) atoms. The highest BCUT2D eigenvalue weighted by Gasteiger charge is 2.42. The van der Waals surface area contributed by atoms with Crippen LogP contribution in [-0.4, -0.2) is 78.7 Å². The Morgan fingerprint density at radius 3 is 2.12 bits per heavy atom. The number of imide groups is 2. The molecule has 1 fully saturated rings. The van der Waals surface area contributed by atoms with Gasteiger partial charge in [-0.2, -0.15) is 0 Å². The van der Waals surface area contributed by atoms with Gasteiger partial charge in [0, 0.05) is 12.7 Å². The molecule has 0 bridgehead atoms. The van der Waals surface area contributed by atoms with Crippen LogP contribution in [0, 0.1) is 0 Å². The number of rotatable bonds is 7. The number of carbonyl (C=O) groups excluding carboxylic acids is 4. The van der Waals surface area contributed by atoms with Crippen LogP contribution in [0.4, 0.5) is 21.1 Å². The van der Waals surface area contributed by atoms with Crippen molar-refractivity contribution >= 4 is 45.5 Å². The molecule has 3 rings (SSSR count). The van der Waals surface area contributed by atoms with E-state index in [2.05, 4.69) is 15.0 Å². The zero-order valence-electron chi connectivity index (χ0n) is 25.0. The number of hydrogen-bond acceptors (Lipinski definition) is 11. The number of amides is 4. The molecule has 4 N–H and O–H groups in total. The van der Waals surface area contributed by atoms with Crippen molar-refractivity contribution in [3.05, 3.63) is 48.7 Å². The van der Waals surface area contributed by atoms with E-state index >= 15 is 0 Å². The van der Waals surface area contributed by atoms with E-state index in [0.717, 1.165) is 9.80 Å². The van der Waals surface area contributed by atoms with Gasteiger partial charge in [-0.3, -0.25) is 14.3 Å². The third-order valence-corrected chi connectivity index (χ3v) is 7.28. The lowest BCUT2D eigenvalue weighted by molar-refractivity contribution is -0.131. The highest BCUT2D eigenvalue weighted by Crippen LogP contribution is 2.26. The number of ether oxygens (including phenoxy) is 2. The summed E-state index contributed by atoms with van der Waals surface area (Å²) in [7, 11) is -4.03. The SMILES string of the molecule is CC(C)(C)OC(=O)N(C(=O)[C@@H]1C[C@@H](N(C(=O)CN)C(=O)OC(C)(C)C)CN1)c1ccc(S(=O)(=O)Nc2ccccn2)cc1. The van der Waals surface area contributed by atoms with Gasteiger partial charge < -0.3 is 20.5 Å². The number of benzene rings is 1. The van der Waals surface area contributed by atoms with Crippen LogP contribution in [0.1, 0.15) is 48.0 Å². The molecule has 0 spiro atoms. The second-order valence-electron chi connectivity index (χ2n) is 11.8. The van der Waals surface area contributed by atoms with Gasteiger partial charge in [0.1, 0.15) is 17.0 Å². The average Bonchev–Trinajstić information content (AvgIpc) is 3.37. The van der Waals surface area contributed by atoms with Gasteiger partial charge in [0.15, 0.2) is 0 Å². The standard InChI is InChI=1S/C28H38N6O8S/c1-27(2,3)41-25(37)33(23(35)16-29)19-15-21(31-17-19)24(36)34(26(38)42-28(4,5)6)18-10-12-20(13-11-18)43(39,40)32-22-9-7-8-14-30-22/h7-14,19,21,31H,15-17,29H2,1-6H3,(H,30,32)/t19-,21+/m1/s1. The van der Waals surface area contributed by atoms with Gasteiger partial charge in [-0.05, 0) is 84.4 Å². The quantitative estimate of drug-likeness (QED) is 0.413. The van der Waals surface area contributed by atoms with Crippen molar-refractivity contribution in [3.8, 4) is 0 Å². The van der Waals surface area contributed by atoms with Gasteiger partial charge in [-0.1, -0.05) is 6.07 Å². The van der Waals surface area contributed by atoms with Crippen molar-refractivity contribution in [2.24, 2.45) is 5.73 Å². The fourth-order valence-corrected chi connectivity index (χ4v) is 5.15. The Balaban J connectivity index is 1.88. The minimum absolute atomic E-state index is 0.0381. The van der Waals surface area contributed by atoms with Crippen LogP contribution in [0.3, 0.4) is 0 Å². The maximum atomic E-state index is 13.8. The largest absolute Gasteiger partial charge is 0.443 e. The molecule has 0 unspecified atom stereocenters. The summed E-state index contributed by atoms with van der Waals surface area (Å²) in [6.45, 7) is 9.44. The molecule has 15 heteroatoms. The molecule has 0 radical (unpaired) electrons. The van der Waals surface area contributed by atoms with E-state index in [1.807, 2.05) is 0 Å². The molecule has 1 aliphatic heterocycles. The van der Waals surface area contributed by atoms with Crippen LogP contribution >= 0.6 is 0 Å². The summed E-state index contributed by atoms with van der Waals surface area (Å²) < 4.78 is 38.9. The normalized spacial score (nSPS) is 17.1. The van der Waals surface area contributed by atoms with Crippen LogP contribution in [0.5, 0.6) is 0 Å². The Morgan fingerprint density at radius 2 is 1.58 bits per heavy atom. The van der Waals surface area contributed by atoms with Gasteiger partial charge in [0.05, 0.1) is 29.2 Å².